The van der Waals surface area contributed by atoms with Crippen molar-refractivity contribution in [3.8, 4) is 0 Å². The third-order valence-electron chi connectivity index (χ3n) is 7.23. The third-order valence-corrected chi connectivity index (χ3v) is 8.61. The van der Waals surface area contributed by atoms with Crippen molar-refractivity contribution >= 4 is 61.8 Å². The van der Waals surface area contributed by atoms with Gasteiger partial charge in [0.25, 0.3) is 15.9 Å². The van der Waals surface area contributed by atoms with Crippen LogP contribution >= 0.6 is 0 Å². The Balaban J connectivity index is 1.54. The average Bonchev–Trinajstić information content (AvgIpc) is 3.37. The van der Waals surface area contributed by atoms with Gasteiger partial charge in [0, 0.05) is 48.8 Å². The number of nitrogens with zero attached hydrogens (tertiary/aromatic N) is 2. The number of sulfonamides is 1. The second-order valence-electron chi connectivity index (χ2n) is 10.5. The maximum atomic E-state index is 13.4. The summed E-state index contributed by atoms with van der Waals surface area (Å²) >= 11 is 0. The van der Waals surface area contributed by atoms with Crippen molar-refractivity contribution in [2.75, 3.05) is 40.9 Å². The highest BCUT2D eigenvalue weighted by molar-refractivity contribution is 7.92. The summed E-state index contributed by atoms with van der Waals surface area (Å²) in [5, 5.41) is 6.20. The van der Waals surface area contributed by atoms with Gasteiger partial charge in [-0.05, 0) is 60.2 Å². The summed E-state index contributed by atoms with van der Waals surface area (Å²) in [7, 11) is -0.679. The standard InChI is InChI=1S/C34H33N5O5S/c1-4-30(40)39(22-31(41)38(2)3)26-17-15-24(16-18-26)35-33(23-11-7-5-8-12-23)32-28-21-27(19-20-29(28)36-34(32)42)45(43,44)37-25-13-9-6-10-14-25/h5-21,35,37H,4,22H2,1-3H3,(H,36,42). The minimum Gasteiger partial charge on any atom is -0.354 e. The van der Waals surface area contributed by atoms with Gasteiger partial charge in [0.05, 0.1) is 16.2 Å². The van der Waals surface area contributed by atoms with Gasteiger partial charge in [0.1, 0.15) is 6.54 Å². The Bertz CT molecular complexity index is 1870. The van der Waals surface area contributed by atoms with Crippen molar-refractivity contribution < 1.29 is 22.8 Å². The van der Waals surface area contributed by atoms with Crippen LogP contribution < -0.4 is 20.3 Å². The second kappa shape index (κ2) is 13.1. The smallest absolute Gasteiger partial charge is 0.261 e. The van der Waals surface area contributed by atoms with E-state index in [1.807, 2.05) is 30.3 Å². The molecule has 230 valence electrons. The molecule has 0 bridgehead atoms. The molecule has 4 aromatic rings. The van der Waals surface area contributed by atoms with Crippen molar-refractivity contribution in [2.24, 2.45) is 0 Å². The lowest BCUT2D eigenvalue weighted by Gasteiger charge is -2.24. The topological polar surface area (TPSA) is 128 Å². The van der Waals surface area contributed by atoms with Gasteiger partial charge in [-0.3, -0.25) is 19.1 Å². The molecule has 0 aliphatic carbocycles. The number of anilines is 4. The Morgan fingerprint density at radius 2 is 1.44 bits per heavy atom. The van der Waals surface area contributed by atoms with Gasteiger partial charge in [0.2, 0.25) is 11.8 Å². The van der Waals surface area contributed by atoms with Crippen LogP contribution in [0.1, 0.15) is 24.5 Å². The van der Waals surface area contributed by atoms with Crippen LogP contribution in [0.2, 0.25) is 0 Å². The molecule has 3 N–H and O–H groups in total. The SMILES string of the molecule is CCC(=O)N(CC(=O)N(C)C)c1ccc(NC(=C2C(=O)Nc3ccc(S(=O)(=O)Nc4ccccc4)cc32)c2ccccc2)cc1. The van der Waals surface area contributed by atoms with E-state index >= 15 is 0 Å². The summed E-state index contributed by atoms with van der Waals surface area (Å²) in [6.07, 6.45) is 0.234. The van der Waals surface area contributed by atoms with E-state index in [1.165, 1.54) is 21.9 Å². The highest BCUT2D eigenvalue weighted by Crippen LogP contribution is 2.39. The number of nitrogens with one attached hydrogen (secondary N) is 3. The minimum absolute atomic E-state index is 0.00354. The van der Waals surface area contributed by atoms with E-state index in [-0.39, 0.29) is 41.2 Å². The summed E-state index contributed by atoms with van der Waals surface area (Å²) in [6, 6.07) is 29.3. The number of rotatable bonds is 10. The lowest BCUT2D eigenvalue weighted by atomic mass is 10.00. The average molecular weight is 624 g/mol. The number of likely N-dealkylation sites (N-methyl/N-ethyl adjacent to an activating group) is 1. The van der Waals surface area contributed by atoms with E-state index in [4.69, 9.17) is 0 Å². The van der Waals surface area contributed by atoms with Gasteiger partial charge < -0.3 is 20.4 Å². The number of amides is 3. The molecule has 0 spiro atoms. The summed E-state index contributed by atoms with van der Waals surface area (Å²) < 4.78 is 29.1. The molecule has 1 heterocycles. The lowest BCUT2D eigenvalue weighted by molar-refractivity contribution is -0.129. The van der Waals surface area contributed by atoms with Crippen molar-refractivity contribution in [1.82, 2.24) is 4.90 Å². The van der Waals surface area contributed by atoms with Crippen LogP contribution in [0.3, 0.4) is 0 Å². The zero-order valence-electron chi connectivity index (χ0n) is 25.1. The molecule has 0 aromatic heterocycles. The molecule has 45 heavy (non-hydrogen) atoms. The molecule has 3 amide bonds. The van der Waals surface area contributed by atoms with Gasteiger partial charge in [-0.25, -0.2) is 8.42 Å². The molecule has 10 nitrogen and oxygen atoms in total. The van der Waals surface area contributed by atoms with E-state index in [0.717, 1.165) is 0 Å². The summed E-state index contributed by atoms with van der Waals surface area (Å²) in [5.74, 6) is -0.786. The minimum atomic E-state index is -3.95. The third kappa shape index (κ3) is 6.89. The Morgan fingerprint density at radius 3 is 2.07 bits per heavy atom. The van der Waals surface area contributed by atoms with Crippen molar-refractivity contribution in [3.63, 3.8) is 0 Å². The zero-order valence-corrected chi connectivity index (χ0v) is 25.9. The maximum absolute atomic E-state index is 13.4. The van der Waals surface area contributed by atoms with Gasteiger partial charge >= 0.3 is 0 Å². The molecule has 5 rings (SSSR count). The highest BCUT2D eigenvalue weighted by Gasteiger charge is 2.30. The molecule has 0 unspecified atom stereocenters. The number of para-hydroxylation sites is 1. The molecule has 1 aliphatic rings. The number of carbonyl (C=O) groups excluding carboxylic acids is 3. The van der Waals surface area contributed by atoms with Gasteiger partial charge in [-0.1, -0.05) is 55.5 Å². The van der Waals surface area contributed by atoms with Crippen LogP contribution in [0, 0.1) is 0 Å². The first-order chi connectivity index (χ1) is 21.6. The number of hydrogen-bond donors (Lipinski definition) is 3. The van der Waals surface area contributed by atoms with Crippen LogP contribution in [-0.4, -0.2) is 51.7 Å². The number of fused-ring (bicyclic) bond motifs is 1. The molecule has 0 radical (unpaired) electrons. The largest absolute Gasteiger partial charge is 0.354 e. The number of benzene rings is 4. The monoisotopic (exact) mass is 623 g/mol. The van der Waals surface area contributed by atoms with E-state index < -0.39 is 10.0 Å². The first-order valence-electron chi connectivity index (χ1n) is 14.3. The summed E-state index contributed by atoms with van der Waals surface area (Å²) in [6.45, 7) is 1.65. The van der Waals surface area contributed by atoms with Crippen LogP contribution in [0.25, 0.3) is 11.3 Å². The van der Waals surface area contributed by atoms with E-state index in [2.05, 4.69) is 15.4 Å². The number of hydrogen-bond acceptors (Lipinski definition) is 6. The molecule has 1 aliphatic heterocycles. The predicted octanol–water partition coefficient (Wildman–Crippen LogP) is 5.25. The fourth-order valence-electron chi connectivity index (χ4n) is 4.83. The Morgan fingerprint density at radius 1 is 0.800 bits per heavy atom. The normalized spacial score (nSPS) is 13.4. The maximum Gasteiger partial charge on any atom is 0.261 e. The summed E-state index contributed by atoms with van der Waals surface area (Å²) in [4.78, 5) is 41.4. The first kappa shape index (κ1) is 31.0. The highest BCUT2D eigenvalue weighted by atomic mass is 32.2. The van der Waals surface area contributed by atoms with E-state index in [1.54, 1.807) is 81.7 Å². The van der Waals surface area contributed by atoms with Gasteiger partial charge in [-0.2, -0.15) is 0 Å². The second-order valence-corrected chi connectivity index (χ2v) is 12.2. The molecule has 0 saturated heterocycles. The Kier molecular flexibility index (Phi) is 9.01. The lowest BCUT2D eigenvalue weighted by Crippen LogP contribution is -2.40. The molecule has 11 heteroatoms. The fourth-order valence-corrected chi connectivity index (χ4v) is 5.91. The molecular weight excluding hydrogens is 590 g/mol. The Labute approximate surface area is 262 Å². The molecule has 4 aromatic carbocycles. The van der Waals surface area contributed by atoms with Gasteiger partial charge in [0.15, 0.2) is 0 Å². The first-order valence-corrected chi connectivity index (χ1v) is 15.8. The molecule has 0 fully saturated rings. The van der Waals surface area contributed by atoms with Crippen LogP contribution in [0.5, 0.6) is 0 Å². The fraction of sp³-hybridized carbons (Fsp3) is 0.147. The van der Waals surface area contributed by atoms with Crippen LogP contribution in [-0.2, 0) is 24.4 Å². The molecule has 0 atom stereocenters. The van der Waals surface area contributed by atoms with E-state index in [9.17, 15) is 22.8 Å². The predicted molar refractivity (Wildman–Crippen MR) is 177 cm³/mol. The van der Waals surface area contributed by atoms with E-state index in [0.29, 0.717) is 39.6 Å². The van der Waals surface area contributed by atoms with Crippen molar-refractivity contribution in [3.05, 3.63) is 114 Å². The molecular formula is C34H33N5O5S. The quantitative estimate of drug-likeness (QED) is 0.207. The molecule has 0 saturated carbocycles. The Hall–Kier alpha value is -5.42. The van der Waals surface area contributed by atoms with Crippen molar-refractivity contribution in [1.29, 1.82) is 0 Å². The van der Waals surface area contributed by atoms with Crippen LogP contribution in [0.4, 0.5) is 22.7 Å². The zero-order chi connectivity index (χ0) is 32.1. The van der Waals surface area contributed by atoms with Crippen LogP contribution in [0.15, 0.2) is 108 Å². The van der Waals surface area contributed by atoms with Gasteiger partial charge in [-0.15, -0.1) is 0 Å². The summed E-state index contributed by atoms with van der Waals surface area (Å²) in [5.41, 5.74) is 3.95. The van der Waals surface area contributed by atoms with Crippen molar-refractivity contribution in [2.45, 2.75) is 18.2 Å². The number of carbonyl (C=O) groups is 3.